The highest BCUT2D eigenvalue weighted by Crippen LogP contribution is 2.20. The molecule has 0 unspecified atom stereocenters. The Morgan fingerprint density at radius 2 is 2.00 bits per heavy atom. The maximum Gasteiger partial charge on any atom is 0.234 e. The number of aromatic nitrogens is 4. The second-order valence-electron chi connectivity index (χ2n) is 5.37. The number of amides is 1. The van der Waals surface area contributed by atoms with Crippen molar-refractivity contribution in [3.8, 4) is 5.69 Å². The molecule has 0 aliphatic heterocycles. The number of thioether (sulfide) groups is 1. The van der Waals surface area contributed by atoms with E-state index in [1.165, 1.54) is 11.8 Å². The van der Waals surface area contributed by atoms with Crippen molar-refractivity contribution < 1.29 is 4.79 Å². The number of tetrazole rings is 1. The van der Waals surface area contributed by atoms with Crippen molar-refractivity contribution in [3.05, 3.63) is 59.7 Å². The first-order valence-corrected chi connectivity index (χ1v) is 8.46. The van der Waals surface area contributed by atoms with E-state index in [1.807, 2.05) is 62.4 Å². The lowest BCUT2D eigenvalue weighted by molar-refractivity contribution is -0.113. The summed E-state index contributed by atoms with van der Waals surface area (Å²) in [5, 5.41) is 15.2. The van der Waals surface area contributed by atoms with Gasteiger partial charge < -0.3 is 5.32 Å². The van der Waals surface area contributed by atoms with Crippen molar-refractivity contribution >= 4 is 23.4 Å². The fraction of sp³-hybridized carbons (Fsp3) is 0.176. The van der Waals surface area contributed by atoms with Gasteiger partial charge in [0.1, 0.15) is 0 Å². The molecule has 0 saturated heterocycles. The number of nitrogens with zero attached hydrogens (tertiary/aromatic N) is 4. The molecule has 3 rings (SSSR count). The zero-order chi connectivity index (χ0) is 16.9. The van der Waals surface area contributed by atoms with Crippen molar-refractivity contribution in [2.75, 3.05) is 11.1 Å². The molecule has 0 radical (unpaired) electrons. The quantitative estimate of drug-likeness (QED) is 0.724. The minimum atomic E-state index is -0.0927. The number of benzene rings is 2. The summed E-state index contributed by atoms with van der Waals surface area (Å²) in [5.74, 6) is 0.144. The smallest absolute Gasteiger partial charge is 0.234 e. The summed E-state index contributed by atoms with van der Waals surface area (Å²) in [7, 11) is 0. The molecule has 0 atom stereocenters. The molecule has 1 aromatic heterocycles. The molecule has 2 aromatic carbocycles. The summed E-state index contributed by atoms with van der Waals surface area (Å²) in [6, 6.07) is 15.5. The van der Waals surface area contributed by atoms with Crippen LogP contribution in [0.15, 0.2) is 53.7 Å². The molecule has 0 aliphatic carbocycles. The standard InChI is InChI=1S/C17H17N5OS/c1-12-6-5-8-14(10-12)18-16(23)11-24-17-19-20-21-22(17)15-9-4-3-7-13(15)2/h3-10H,11H2,1-2H3,(H,18,23). The van der Waals surface area contributed by atoms with Gasteiger partial charge in [0.25, 0.3) is 0 Å². The number of para-hydroxylation sites is 1. The second kappa shape index (κ2) is 7.27. The van der Waals surface area contributed by atoms with Crippen LogP contribution in [0.4, 0.5) is 5.69 Å². The highest BCUT2D eigenvalue weighted by molar-refractivity contribution is 7.99. The topological polar surface area (TPSA) is 72.7 Å². The summed E-state index contributed by atoms with van der Waals surface area (Å²) < 4.78 is 1.65. The lowest BCUT2D eigenvalue weighted by Gasteiger charge is -2.08. The van der Waals surface area contributed by atoms with Crippen LogP contribution in [0.5, 0.6) is 0 Å². The highest BCUT2D eigenvalue weighted by Gasteiger charge is 2.13. The summed E-state index contributed by atoms with van der Waals surface area (Å²) in [5.41, 5.74) is 3.86. The Morgan fingerprint density at radius 3 is 2.79 bits per heavy atom. The number of rotatable bonds is 5. The minimum Gasteiger partial charge on any atom is -0.325 e. The Morgan fingerprint density at radius 1 is 1.17 bits per heavy atom. The Kier molecular flexibility index (Phi) is 4.90. The van der Waals surface area contributed by atoms with Crippen LogP contribution >= 0.6 is 11.8 Å². The molecule has 24 heavy (non-hydrogen) atoms. The summed E-state index contributed by atoms with van der Waals surface area (Å²) in [6.07, 6.45) is 0. The third-order valence-electron chi connectivity index (χ3n) is 3.42. The van der Waals surface area contributed by atoms with Gasteiger partial charge in [0.2, 0.25) is 11.1 Å². The van der Waals surface area contributed by atoms with Crippen molar-refractivity contribution in [3.63, 3.8) is 0 Å². The predicted octanol–water partition coefficient (Wildman–Crippen LogP) is 3.01. The molecule has 1 heterocycles. The number of aryl methyl sites for hydroxylation is 2. The Hall–Kier alpha value is -2.67. The van der Waals surface area contributed by atoms with Crippen molar-refractivity contribution in [2.24, 2.45) is 0 Å². The molecule has 1 N–H and O–H groups in total. The molecular weight excluding hydrogens is 322 g/mol. The van der Waals surface area contributed by atoms with Crippen LogP contribution in [0, 0.1) is 13.8 Å². The Balaban J connectivity index is 1.67. The predicted molar refractivity (Wildman–Crippen MR) is 94.4 cm³/mol. The minimum absolute atomic E-state index is 0.0927. The van der Waals surface area contributed by atoms with Crippen LogP contribution in [0.1, 0.15) is 11.1 Å². The maximum atomic E-state index is 12.1. The van der Waals surface area contributed by atoms with Gasteiger partial charge >= 0.3 is 0 Å². The van der Waals surface area contributed by atoms with E-state index in [2.05, 4.69) is 20.8 Å². The number of anilines is 1. The summed E-state index contributed by atoms with van der Waals surface area (Å²) >= 11 is 1.30. The summed E-state index contributed by atoms with van der Waals surface area (Å²) in [4.78, 5) is 12.1. The lowest BCUT2D eigenvalue weighted by atomic mass is 10.2. The largest absolute Gasteiger partial charge is 0.325 e. The van der Waals surface area contributed by atoms with Gasteiger partial charge in [0.15, 0.2) is 0 Å². The van der Waals surface area contributed by atoms with Gasteiger partial charge in [-0.1, -0.05) is 42.1 Å². The first-order chi connectivity index (χ1) is 11.6. The van der Waals surface area contributed by atoms with Gasteiger partial charge in [-0.2, -0.15) is 4.68 Å². The molecule has 0 bridgehead atoms. The van der Waals surface area contributed by atoms with Gasteiger partial charge in [-0.25, -0.2) is 0 Å². The van der Waals surface area contributed by atoms with E-state index in [-0.39, 0.29) is 11.7 Å². The zero-order valence-electron chi connectivity index (χ0n) is 13.4. The number of hydrogen-bond acceptors (Lipinski definition) is 5. The van der Waals surface area contributed by atoms with E-state index in [0.29, 0.717) is 5.16 Å². The van der Waals surface area contributed by atoms with E-state index in [1.54, 1.807) is 4.68 Å². The molecule has 0 spiro atoms. The van der Waals surface area contributed by atoms with Crippen molar-refractivity contribution in [2.45, 2.75) is 19.0 Å². The van der Waals surface area contributed by atoms with E-state index < -0.39 is 0 Å². The van der Waals surface area contributed by atoms with Gasteiger partial charge in [0.05, 0.1) is 11.4 Å². The number of carbonyl (C=O) groups is 1. The number of carbonyl (C=O) groups excluding carboxylic acids is 1. The average Bonchev–Trinajstić information content (AvgIpc) is 3.02. The van der Waals surface area contributed by atoms with E-state index in [9.17, 15) is 4.79 Å². The van der Waals surface area contributed by atoms with Crippen molar-refractivity contribution in [1.29, 1.82) is 0 Å². The number of nitrogens with one attached hydrogen (secondary N) is 1. The fourth-order valence-electron chi connectivity index (χ4n) is 2.27. The number of hydrogen-bond donors (Lipinski definition) is 1. The van der Waals surface area contributed by atoms with Crippen LogP contribution in [0.2, 0.25) is 0 Å². The molecule has 7 heteroatoms. The summed E-state index contributed by atoms with van der Waals surface area (Å²) in [6.45, 7) is 3.98. The molecule has 3 aromatic rings. The van der Waals surface area contributed by atoms with Gasteiger partial charge in [-0.15, -0.1) is 5.10 Å². The molecule has 0 aliphatic rings. The average molecular weight is 339 g/mol. The van der Waals surface area contributed by atoms with E-state index in [4.69, 9.17) is 0 Å². The zero-order valence-corrected chi connectivity index (χ0v) is 14.2. The van der Waals surface area contributed by atoms with Crippen LogP contribution in [0.25, 0.3) is 5.69 Å². The molecular formula is C17H17N5OS. The van der Waals surface area contributed by atoms with Gasteiger partial charge in [0, 0.05) is 5.69 Å². The maximum absolute atomic E-state index is 12.1. The third-order valence-corrected chi connectivity index (χ3v) is 4.34. The SMILES string of the molecule is Cc1cccc(NC(=O)CSc2nnnn2-c2ccccc2C)c1. The normalized spacial score (nSPS) is 10.6. The van der Waals surface area contributed by atoms with E-state index >= 15 is 0 Å². The molecule has 0 fully saturated rings. The highest BCUT2D eigenvalue weighted by atomic mass is 32.2. The van der Waals surface area contributed by atoms with Crippen LogP contribution in [0.3, 0.4) is 0 Å². The molecule has 6 nitrogen and oxygen atoms in total. The van der Waals surface area contributed by atoms with Gasteiger partial charge in [-0.3, -0.25) is 4.79 Å². The molecule has 0 saturated carbocycles. The lowest BCUT2D eigenvalue weighted by Crippen LogP contribution is -2.14. The monoisotopic (exact) mass is 339 g/mol. The van der Waals surface area contributed by atoms with Gasteiger partial charge in [-0.05, 0) is 53.6 Å². The van der Waals surface area contributed by atoms with Crippen molar-refractivity contribution in [1.82, 2.24) is 20.2 Å². The molecule has 122 valence electrons. The first-order valence-electron chi connectivity index (χ1n) is 7.47. The van der Waals surface area contributed by atoms with Crippen LogP contribution < -0.4 is 5.32 Å². The van der Waals surface area contributed by atoms with Crippen LogP contribution in [-0.2, 0) is 4.79 Å². The first kappa shape index (κ1) is 16.2. The second-order valence-corrected chi connectivity index (χ2v) is 6.31. The van der Waals surface area contributed by atoms with E-state index in [0.717, 1.165) is 22.5 Å². The fourth-order valence-corrected chi connectivity index (χ4v) is 2.95. The Labute approximate surface area is 144 Å². The molecule has 1 amide bonds. The van der Waals surface area contributed by atoms with Crippen LogP contribution in [-0.4, -0.2) is 31.9 Å². The third kappa shape index (κ3) is 3.80. The Bertz CT molecular complexity index is 861.